The third-order valence-electron chi connectivity index (χ3n) is 5.02. The van der Waals surface area contributed by atoms with Gasteiger partial charge in [0.25, 0.3) is 0 Å². The number of hydrogen-bond acceptors (Lipinski definition) is 2. The van der Waals surface area contributed by atoms with Gasteiger partial charge in [0.05, 0.1) is 0 Å². The summed E-state index contributed by atoms with van der Waals surface area (Å²) in [5.74, 6) is 1.33. The summed E-state index contributed by atoms with van der Waals surface area (Å²) in [4.78, 5) is 2.64. The second-order valence-electron chi connectivity index (χ2n) is 6.22. The molecule has 1 N–H and O–H groups in total. The molecule has 0 amide bonds. The predicted molar refractivity (Wildman–Crippen MR) is 77.8 cm³/mol. The van der Waals surface area contributed by atoms with E-state index in [1.54, 1.807) is 0 Å². The van der Waals surface area contributed by atoms with Crippen molar-refractivity contribution in [1.82, 2.24) is 4.90 Å². The molecule has 3 rings (SSSR count). The van der Waals surface area contributed by atoms with Crippen LogP contribution in [0.4, 0.5) is 0 Å². The molecule has 2 nitrogen and oxygen atoms in total. The van der Waals surface area contributed by atoms with Gasteiger partial charge in [-0.2, -0.15) is 0 Å². The van der Waals surface area contributed by atoms with E-state index in [2.05, 4.69) is 35.2 Å². The van der Waals surface area contributed by atoms with Gasteiger partial charge in [-0.15, -0.1) is 0 Å². The zero-order valence-electron chi connectivity index (χ0n) is 11.7. The Morgan fingerprint density at radius 2 is 1.84 bits per heavy atom. The summed E-state index contributed by atoms with van der Waals surface area (Å²) in [6, 6.07) is 11.4. The number of fused-ring (bicyclic) bond motifs is 1. The molecule has 0 bridgehead atoms. The zero-order chi connectivity index (χ0) is 13.1. The Morgan fingerprint density at radius 1 is 1.05 bits per heavy atom. The van der Waals surface area contributed by atoms with Crippen LogP contribution < -0.4 is 0 Å². The maximum Gasteiger partial charge on any atom is 0.0474 e. The van der Waals surface area contributed by atoms with Crippen molar-refractivity contribution in [3.05, 3.63) is 35.9 Å². The molecule has 1 saturated heterocycles. The lowest BCUT2D eigenvalue weighted by Crippen LogP contribution is -2.51. The lowest BCUT2D eigenvalue weighted by atomic mass is 9.72. The van der Waals surface area contributed by atoms with Crippen LogP contribution in [0, 0.1) is 11.8 Å². The molecule has 1 heterocycles. The van der Waals surface area contributed by atoms with Gasteiger partial charge in [0.15, 0.2) is 0 Å². The van der Waals surface area contributed by atoms with Crippen LogP contribution in [0.1, 0.15) is 37.7 Å². The molecule has 0 spiro atoms. The summed E-state index contributed by atoms with van der Waals surface area (Å²) >= 11 is 0. The van der Waals surface area contributed by atoms with Gasteiger partial charge in [-0.1, -0.05) is 36.8 Å². The quantitative estimate of drug-likeness (QED) is 0.902. The molecule has 2 aliphatic rings. The highest BCUT2D eigenvalue weighted by atomic mass is 16.3. The van der Waals surface area contributed by atoms with Gasteiger partial charge >= 0.3 is 0 Å². The SMILES string of the molecule is OC[C@@H]1CCC[C@@H]2CCCN(Cc3ccccc3)[C@@H]21. The van der Waals surface area contributed by atoms with Crippen LogP contribution in [-0.4, -0.2) is 29.2 Å². The van der Waals surface area contributed by atoms with E-state index >= 15 is 0 Å². The molecule has 2 fully saturated rings. The highest BCUT2D eigenvalue weighted by Crippen LogP contribution is 2.39. The maximum atomic E-state index is 9.69. The summed E-state index contributed by atoms with van der Waals surface area (Å²) in [6.07, 6.45) is 6.58. The van der Waals surface area contributed by atoms with Gasteiger partial charge in [0.1, 0.15) is 0 Å². The van der Waals surface area contributed by atoms with E-state index < -0.39 is 0 Å². The molecule has 0 aromatic heterocycles. The van der Waals surface area contributed by atoms with Crippen molar-refractivity contribution in [2.24, 2.45) is 11.8 Å². The van der Waals surface area contributed by atoms with Crippen LogP contribution in [0.25, 0.3) is 0 Å². The number of nitrogens with zero attached hydrogens (tertiary/aromatic N) is 1. The van der Waals surface area contributed by atoms with Gasteiger partial charge < -0.3 is 5.11 Å². The molecule has 104 valence electrons. The minimum absolute atomic E-state index is 0.368. The molecule has 2 heteroatoms. The van der Waals surface area contributed by atoms with Crippen LogP contribution in [0.5, 0.6) is 0 Å². The number of rotatable bonds is 3. The molecule has 1 aromatic carbocycles. The lowest BCUT2D eigenvalue weighted by molar-refractivity contribution is -0.00730. The zero-order valence-corrected chi connectivity index (χ0v) is 11.7. The number of likely N-dealkylation sites (tertiary alicyclic amines) is 1. The average molecular weight is 259 g/mol. The molecule has 0 radical (unpaired) electrons. The highest BCUT2D eigenvalue weighted by Gasteiger charge is 2.38. The van der Waals surface area contributed by atoms with Crippen molar-refractivity contribution in [2.75, 3.05) is 13.2 Å². The monoisotopic (exact) mass is 259 g/mol. The summed E-state index contributed by atoms with van der Waals surface area (Å²) in [7, 11) is 0. The Hall–Kier alpha value is -0.860. The molecular weight excluding hydrogens is 234 g/mol. The first-order valence-electron chi connectivity index (χ1n) is 7.77. The Kier molecular flexibility index (Phi) is 4.19. The van der Waals surface area contributed by atoms with Gasteiger partial charge in [0.2, 0.25) is 0 Å². The Balaban J connectivity index is 1.75. The average Bonchev–Trinajstić information content (AvgIpc) is 2.48. The fourth-order valence-corrected chi connectivity index (χ4v) is 4.19. The maximum absolute atomic E-state index is 9.69. The third-order valence-corrected chi connectivity index (χ3v) is 5.02. The van der Waals surface area contributed by atoms with Gasteiger partial charge in [-0.25, -0.2) is 0 Å². The Morgan fingerprint density at radius 3 is 2.63 bits per heavy atom. The van der Waals surface area contributed by atoms with Gasteiger partial charge in [0, 0.05) is 19.2 Å². The van der Waals surface area contributed by atoms with Crippen LogP contribution in [-0.2, 0) is 6.54 Å². The lowest BCUT2D eigenvalue weighted by Gasteiger charge is -2.48. The Bertz CT molecular complexity index is 383. The van der Waals surface area contributed by atoms with Crippen molar-refractivity contribution in [3.63, 3.8) is 0 Å². The van der Waals surface area contributed by atoms with E-state index in [1.807, 2.05) is 0 Å². The fraction of sp³-hybridized carbons (Fsp3) is 0.647. The standard InChI is InChI=1S/C17H25NO/c19-13-16-9-4-8-15-10-5-11-18(17(15)16)12-14-6-2-1-3-7-14/h1-3,6-7,15-17,19H,4-5,8-13H2/t15-,16+,17+/m1/s1. The minimum atomic E-state index is 0.368. The minimum Gasteiger partial charge on any atom is -0.396 e. The van der Waals surface area contributed by atoms with Crippen LogP contribution in [0.15, 0.2) is 30.3 Å². The van der Waals surface area contributed by atoms with Crippen molar-refractivity contribution in [1.29, 1.82) is 0 Å². The summed E-state index contributed by atoms with van der Waals surface area (Å²) in [5.41, 5.74) is 1.41. The molecule has 1 aliphatic heterocycles. The van der Waals surface area contributed by atoms with E-state index in [9.17, 15) is 5.11 Å². The van der Waals surface area contributed by atoms with Crippen molar-refractivity contribution in [2.45, 2.75) is 44.7 Å². The van der Waals surface area contributed by atoms with E-state index in [0.717, 1.165) is 12.5 Å². The van der Waals surface area contributed by atoms with Crippen LogP contribution >= 0.6 is 0 Å². The van der Waals surface area contributed by atoms with E-state index in [0.29, 0.717) is 18.6 Å². The first-order valence-corrected chi connectivity index (χ1v) is 7.77. The fourth-order valence-electron chi connectivity index (χ4n) is 4.19. The third kappa shape index (κ3) is 2.85. The van der Waals surface area contributed by atoms with Crippen molar-refractivity contribution >= 4 is 0 Å². The Labute approximate surface area is 116 Å². The number of aliphatic hydroxyl groups excluding tert-OH is 1. The molecule has 0 unspecified atom stereocenters. The van der Waals surface area contributed by atoms with Gasteiger partial charge in [-0.3, -0.25) is 4.90 Å². The molecular formula is C17H25NO. The smallest absolute Gasteiger partial charge is 0.0474 e. The van der Waals surface area contributed by atoms with Gasteiger partial charge in [-0.05, 0) is 49.6 Å². The molecule has 1 aromatic rings. The van der Waals surface area contributed by atoms with E-state index in [1.165, 1.54) is 44.2 Å². The molecule has 1 aliphatic carbocycles. The number of piperidine rings is 1. The van der Waals surface area contributed by atoms with Crippen LogP contribution in [0.2, 0.25) is 0 Å². The first-order chi connectivity index (χ1) is 9.38. The second kappa shape index (κ2) is 6.06. The molecule has 3 atom stereocenters. The predicted octanol–water partition coefficient (Wildman–Crippen LogP) is 3.06. The molecule has 19 heavy (non-hydrogen) atoms. The largest absolute Gasteiger partial charge is 0.396 e. The van der Waals surface area contributed by atoms with E-state index in [4.69, 9.17) is 0 Å². The first kappa shape index (κ1) is 13.1. The topological polar surface area (TPSA) is 23.5 Å². The summed E-state index contributed by atoms with van der Waals surface area (Å²) < 4.78 is 0. The van der Waals surface area contributed by atoms with E-state index in [-0.39, 0.29) is 0 Å². The molecule has 1 saturated carbocycles. The number of hydrogen-bond donors (Lipinski definition) is 1. The number of aliphatic hydroxyl groups is 1. The van der Waals surface area contributed by atoms with Crippen molar-refractivity contribution in [3.8, 4) is 0 Å². The summed E-state index contributed by atoms with van der Waals surface area (Å²) in [5, 5.41) is 9.69. The van der Waals surface area contributed by atoms with Crippen LogP contribution in [0.3, 0.4) is 0 Å². The second-order valence-corrected chi connectivity index (χ2v) is 6.22. The van der Waals surface area contributed by atoms with Crippen molar-refractivity contribution < 1.29 is 5.11 Å². The normalized spacial score (nSPS) is 31.9. The summed E-state index contributed by atoms with van der Waals surface area (Å²) in [6.45, 7) is 2.62. The number of benzene rings is 1. The highest BCUT2D eigenvalue weighted by molar-refractivity contribution is 5.15.